The first-order valence-electron chi connectivity index (χ1n) is 2.76. The lowest BCUT2D eigenvalue weighted by Gasteiger charge is -2.17. The molecular formula is C6H12BrO. The molecule has 49 valence electrons. The first kappa shape index (κ1) is 8.44. The van der Waals surface area contributed by atoms with Crippen LogP contribution in [0.5, 0.6) is 0 Å². The zero-order valence-electron chi connectivity index (χ0n) is 5.41. The Morgan fingerprint density at radius 1 is 1.50 bits per heavy atom. The average Bonchev–Trinajstić information content (AvgIpc) is 1.67. The Morgan fingerprint density at radius 2 is 2.00 bits per heavy atom. The highest BCUT2D eigenvalue weighted by Crippen LogP contribution is 2.19. The van der Waals surface area contributed by atoms with Crippen LogP contribution in [0.2, 0.25) is 0 Å². The van der Waals surface area contributed by atoms with Crippen molar-refractivity contribution in [3.8, 4) is 0 Å². The van der Waals surface area contributed by atoms with Gasteiger partial charge in [0.15, 0.2) is 0 Å². The highest BCUT2D eigenvalue weighted by Gasteiger charge is 2.15. The molecule has 0 amide bonds. The molecular weight excluding hydrogens is 168 g/mol. The highest BCUT2D eigenvalue weighted by molar-refractivity contribution is 9.09. The summed E-state index contributed by atoms with van der Waals surface area (Å²) in [4.78, 5) is 0. The van der Waals surface area contributed by atoms with Crippen molar-refractivity contribution in [2.75, 3.05) is 11.9 Å². The SMILES string of the molecule is CC(C)(C[O])CCBr. The van der Waals surface area contributed by atoms with Gasteiger partial charge < -0.3 is 0 Å². The van der Waals surface area contributed by atoms with Crippen molar-refractivity contribution in [3.05, 3.63) is 0 Å². The summed E-state index contributed by atoms with van der Waals surface area (Å²) < 4.78 is 0. The fourth-order valence-corrected chi connectivity index (χ4v) is 1.40. The van der Waals surface area contributed by atoms with E-state index in [1.807, 2.05) is 13.8 Å². The molecule has 0 unspecified atom stereocenters. The minimum atomic E-state index is -0.0104. The molecule has 0 spiro atoms. The van der Waals surface area contributed by atoms with Gasteiger partial charge in [0.1, 0.15) is 0 Å². The van der Waals surface area contributed by atoms with Gasteiger partial charge in [-0.1, -0.05) is 29.8 Å². The first-order valence-corrected chi connectivity index (χ1v) is 3.88. The molecule has 0 aromatic rings. The molecule has 0 aromatic heterocycles. The van der Waals surface area contributed by atoms with E-state index in [1.165, 1.54) is 0 Å². The summed E-state index contributed by atoms with van der Waals surface area (Å²) in [7, 11) is 0. The maximum absolute atomic E-state index is 10.3. The number of hydrogen-bond donors (Lipinski definition) is 0. The fourth-order valence-electron chi connectivity index (χ4n) is 0.328. The maximum Gasteiger partial charge on any atom is 0.0873 e. The zero-order chi connectivity index (χ0) is 6.62. The predicted octanol–water partition coefficient (Wildman–Crippen LogP) is 2.23. The van der Waals surface area contributed by atoms with E-state index in [9.17, 15) is 5.11 Å². The standard InChI is InChI=1S/C6H12BrO/c1-6(2,5-8)3-4-7/h3-5H2,1-2H3. The second-order valence-corrected chi connectivity index (χ2v) is 3.54. The monoisotopic (exact) mass is 179 g/mol. The molecule has 0 N–H and O–H groups in total. The topological polar surface area (TPSA) is 19.9 Å². The normalized spacial score (nSPS) is 12.0. The van der Waals surface area contributed by atoms with E-state index in [1.54, 1.807) is 0 Å². The Labute approximate surface area is 59.2 Å². The van der Waals surface area contributed by atoms with Gasteiger partial charge in [0.25, 0.3) is 0 Å². The lowest BCUT2D eigenvalue weighted by molar-refractivity contribution is 0.0916. The molecule has 0 saturated heterocycles. The van der Waals surface area contributed by atoms with Gasteiger partial charge in [-0.2, -0.15) is 0 Å². The molecule has 0 aromatic carbocycles. The second kappa shape index (κ2) is 3.46. The first-order chi connectivity index (χ1) is 3.62. The van der Waals surface area contributed by atoms with E-state index in [-0.39, 0.29) is 12.0 Å². The molecule has 0 aliphatic heterocycles. The average molecular weight is 180 g/mol. The van der Waals surface area contributed by atoms with E-state index < -0.39 is 0 Å². The minimum absolute atomic E-state index is 0.0104. The zero-order valence-corrected chi connectivity index (χ0v) is 6.99. The van der Waals surface area contributed by atoms with E-state index in [2.05, 4.69) is 15.9 Å². The predicted molar refractivity (Wildman–Crippen MR) is 37.7 cm³/mol. The molecule has 0 atom stereocenters. The van der Waals surface area contributed by atoms with Crippen LogP contribution in [0.1, 0.15) is 20.3 Å². The number of halogens is 1. The maximum atomic E-state index is 10.3. The molecule has 2 heteroatoms. The van der Waals surface area contributed by atoms with E-state index in [0.717, 1.165) is 11.8 Å². The van der Waals surface area contributed by atoms with Gasteiger partial charge in [-0.3, -0.25) is 0 Å². The molecule has 8 heavy (non-hydrogen) atoms. The van der Waals surface area contributed by atoms with Crippen LogP contribution in [0.25, 0.3) is 0 Å². The van der Waals surface area contributed by atoms with Crippen LogP contribution in [0.4, 0.5) is 0 Å². The van der Waals surface area contributed by atoms with Crippen LogP contribution in [-0.4, -0.2) is 11.9 Å². The summed E-state index contributed by atoms with van der Waals surface area (Å²) >= 11 is 3.29. The van der Waals surface area contributed by atoms with Crippen molar-refractivity contribution in [1.29, 1.82) is 0 Å². The largest absolute Gasteiger partial charge is 0.236 e. The third-order valence-corrected chi connectivity index (χ3v) is 1.56. The Morgan fingerprint density at radius 3 is 2.12 bits per heavy atom. The number of rotatable bonds is 3. The van der Waals surface area contributed by atoms with Gasteiger partial charge in [-0.25, -0.2) is 5.11 Å². The molecule has 0 rings (SSSR count). The summed E-state index contributed by atoms with van der Waals surface area (Å²) in [6.07, 6.45) is 0.969. The number of hydrogen-bond acceptors (Lipinski definition) is 0. The quantitative estimate of drug-likeness (QED) is 0.593. The smallest absolute Gasteiger partial charge is 0.0873 e. The van der Waals surface area contributed by atoms with Crippen LogP contribution in [0.3, 0.4) is 0 Å². The van der Waals surface area contributed by atoms with Crippen molar-refractivity contribution in [2.45, 2.75) is 20.3 Å². The lowest BCUT2D eigenvalue weighted by Crippen LogP contribution is -2.15. The third-order valence-electron chi connectivity index (χ3n) is 1.16. The Kier molecular flexibility index (Phi) is 3.65. The molecule has 1 radical (unpaired) electrons. The third kappa shape index (κ3) is 3.44. The van der Waals surface area contributed by atoms with Gasteiger partial charge in [-0.05, 0) is 11.8 Å². The van der Waals surface area contributed by atoms with Crippen LogP contribution in [0, 0.1) is 5.41 Å². The second-order valence-electron chi connectivity index (χ2n) is 2.75. The van der Waals surface area contributed by atoms with E-state index in [0.29, 0.717) is 0 Å². The summed E-state index contributed by atoms with van der Waals surface area (Å²) in [5.41, 5.74) is -0.0104. The van der Waals surface area contributed by atoms with Crippen LogP contribution in [-0.2, 0) is 5.11 Å². The lowest BCUT2D eigenvalue weighted by atomic mass is 9.92. The Bertz CT molecular complexity index is 61.5. The van der Waals surface area contributed by atoms with Crippen LogP contribution in [0.15, 0.2) is 0 Å². The Hall–Kier alpha value is 0.440. The van der Waals surface area contributed by atoms with E-state index >= 15 is 0 Å². The summed E-state index contributed by atoms with van der Waals surface area (Å²) in [6, 6.07) is 0. The van der Waals surface area contributed by atoms with Gasteiger partial charge in [0.05, 0.1) is 6.61 Å². The van der Waals surface area contributed by atoms with Crippen molar-refractivity contribution in [3.63, 3.8) is 0 Å². The molecule has 0 saturated carbocycles. The summed E-state index contributed by atoms with van der Waals surface area (Å²) in [6.45, 7) is 4.00. The molecule has 0 fully saturated rings. The molecule has 0 aliphatic rings. The molecule has 0 aliphatic carbocycles. The van der Waals surface area contributed by atoms with Gasteiger partial charge in [0, 0.05) is 5.33 Å². The summed E-state index contributed by atoms with van der Waals surface area (Å²) in [5.74, 6) is 0. The molecule has 1 nitrogen and oxygen atoms in total. The van der Waals surface area contributed by atoms with Gasteiger partial charge in [-0.15, -0.1) is 0 Å². The summed E-state index contributed by atoms with van der Waals surface area (Å²) in [5, 5.41) is 11.3. The van der Waals surface area contributed by atoms with Gasteiger partial charge >= 0.3 is 0 Å². The highest BCUT2D eigenvalue weighted by atomic mass is 79.9. The Balaban J connectivity index is 3.37. The molecule has 0 heterocycles. The fraction of sp³-hybridized carbons (Fsp3) is 1.00. The van der Waals surface area contributed by atoms with E-state index in [4.69, 9.17) is 0 Å². The number of alkyl halides is 1. The van der Waals surface area contributed by atoms with Crippen molar-refractivity contribution in [1.82, 2.24) is 0 Å². The van der Waals surface area contributed by atoms with Crippen LogP contribution >= 0.6 is 15.9 Å². The molecule has 0 bridgehead atoms. The van der Waals surface area contributed by atoms with Crippen molar-refractivity contribution in [2.24, 2.45) is 5.41 Å². The van der Waals surface area contributed by atoms with Gasteiger partial charge in [0.2, 0.25) is 0 Å². The van der Waals surface area contributed by atoms with Crippen LogP contribution < -0.4 is 0 Å². The van der Waals surface area contributed by atoms with Crippen molar-refractivity contribution >= 4 is 15.9 Å². The minimum Gasteiger partial charge on any atom is -0.236 e. The van der Waals surface area contributed by atoms with Crippen molar-refractivity contribution < 1.29 is 5.11 Å².